The van der Waals surface area contributed by atoms with E-state index in [-0.39, 0.29) is 13.2 Å². The van der Waals surface area contributed by atoms with Gasteiger partial charge in [0.05, 0.1) is 4.75 Å². The van der Waals surface area contributed by atoms with Crippen LogP contribution in [0.1, 0.15) is 24.0 Å². The molecule has 0 saturated heterocycles. The van der Waals surface area contributed by atoms with Gasteiger partial charge >= 0.3 is 6.03 Å². The Balaban J connectivity index is 1.32. The second-order valence-corrected chi connectivity index (χ2v) is 11.7. The van der Waals surface area contributed by atoms with Gasteiger partial charge in [-0.3, -0.25) is 4.79 Å². The Hall–Kier alpha value is -4.05. The lowest BCUT2D eigenvalue weighted by Gasteiger charge is -2.26. The Labute approximate surface area is 221 Å². The van der Waals surface area contributed by atoms with Crippen molar-refractivity contribution in [2.75, 3.05) is 18.7 Å². The Kier molecular flexibility index (Phi) is 6.98. The van der Waals surface area contributed by atoms with Gasteiger partial charge in [-0.05, 0) is 42.5 Å². The van der Waals surface area contributed by atoms with Gasteiger partial charge < -0.3 is 19.7 Å². The molecule has 1 aliphatic carbocycles. The molecule has 1 fully saturated rings. The Morgan fingerprint density at radius 2 is 1.55 bits per heavy atom. The van der Waals surface area contributed by atoms with E-state index in [0.717, 1.165) is 11.1 Å². The molecule has 1 atom stereocenters. The van der Waals surface area contributed by atoms with Crippen LogP contribution in [-0.4, -0.2) is 45.0 Å². The molecule has 1 heterocycles. The van der Waals surface area contributed by atoms with E-state index in [1.807, 2.05) is 60.7 Å². The summed E-state index contributed by atoms with van der Waals surface area (Å²) in [5.41, 5.74) is 2.25. The highest BCUT2D eigenvalue weighted by Crippen LogP contribution is 2.45. The number of sulfonamides is 1. The molecular weight excluding hydrogens is 506 g/mol. The lowest BCUT2D eigenvalue weighted by Crippen LogP contribution is -2.54. The average Bonchev–Trinajstić information content (AvgIpc) is 3.56. The van der Waals surface area contributed by atoms with Crippen molar-refractivity contribution in [2.45, 2.75) is 36.5 Å². The molecule has 1 aliphatic heterocycles. The minimum Gasteiger partial charge on any atom is -0.454 e. The SMILES string of the molecule is CN(C(=O)[C@H](Cc1ccccc1)NC(=O)NS(=O)(=O)C1(Cc2ccccc2)CC1)c1ccc2c(c1)OCO2. The summed E-state index contributed by atoms with van der Waals surface area (Å²) in [5, 5.41) is 2.61. The molecule has 2 aliphatic rings. The van der Waals surface area contributed by atoms with Crippen LogP contribution in [0, 0.1) is 0 Å². The number of benzene rings is 3. The van der Waals surface area contributed by atoms with Gasteiger partial charge in [-0.2, -0.15) is 0 Å². The van der Waals surface area contributed by atoms with Crippen molar-refractivity contribution in [1.29, 1.82) is 0 Å². The number of hydrogen-bond acceptors (Lipinski definition) is 6. The van der Waals surface area contributed by atoms with E-state index in [9.17, 15) is 18.0 Å². The highest BCUT2D eigenvalue weighted by Gasteiger charge is 2.55. The molecule has 9 nitrogen and oxygen atoms in total. The highest BCUT2D eigenvalue weighted by atomic mass is 32.2. The molecule has 0 unspecified atom stereocenters. The molecule has 5 rings (SSSR count). The lowest BCUT2D eigenvalue weighted by atomic mass is 10.0. The molecule has 0 spiro atoms. The first kappa shape index (κ1) is 25.6. The van der Waals surface area contributed by atoms with Crippen LogP contribution in [0.25, 0.3) is 0 Å². The summed E-state index contributed by atoms with van der Waals surface area (Å²) >= 11 is 0. The fourth-order valence-electron chi connectivity index (χ4n) is 4.57. The van der Waals surface area contributed by atoms with Gasteiger partial charge in [-0.15, -0.1) is 0 Å². The van der Waals surface area contributed by atoms with Crippen LogP contribution in [0.3, 0.4) is 0 Å². The van der Waals surface area contributed by atoms with Gasteiger partial charge in [0.15, 0.2) is 11.5 Å². The third kappa shape index (κ3) is 5.45. The number of fused-ring (bicyclic) bond motifs is 1. The van der Waals surface area contributed by atoms with Gasteiger partial charge in [-0.1, -0.05) is 60.7 Å². The number of anilines is 1. The van der Waals surface area contributed by atoms with Crippen LogP contribution in [0.2, 0.25) is 0 Å². The van der Waals surface area contributed by atoms with Crippen molar-refractivity contribution >= 4 is 27.6 Å². The summed E-state index contributed by atoms with van der Waals surface area (Å²) in [4.78, 5) is 28.0. The first-order valence-electron chi connectivity index (χ1n) is 12.3. The zero-order chi connectivity index (χ0) is 26.8. The van der Waals surface area contributed by atoms with Crippen molar-refractivity contribution in [3.8, 4) is 11.5 Å². The number of urea groups is 1. The molecule has 0 radical (unpaired) electrons. The van der Waals surface area contributed by atoms with E-state index in [4.69, 9.17) is 9.47 Å². The quantitative estimate of drug-likeness (QED) is 0.434. The maximum absolute atomic E-state index is 13.6. The zero-order valence-electron chi connectivity index (χ0n) is 20.9. The second-order valence-electron chi connectivity index (χ2n) is 9.60. The largest absolute Gasteiger partial charge is 0.454 e. The molecule has 3 aromatic rings. The maximum Gasteiger partial charge on any atom is 0.329 e. The molecule has 3 aromatic carbocycles. The molecule has 38 heavy (non-hydrogen) atoms. The van der Waals surface area contributed by atoms with Crippen molar-refractivity contribution in [3.63, 3.8) is 0 Å². The second kappa shape index (κ2) is 10.4. The Bertz CT molecular complexity index is 1430. The van der Waals surface area contributed by atoms with E-state index in [1.54, 1.807) is 25.2 Å². The molecule has 2 N–H and O–H groups in total. The third-order valence-electron chi connectivity index (χ3n) is 6.93. The van der Waals surface area contributed by atoms with Gasteiger partial charge in [0.1, 0.15) is 6.04 Å². The standard InChI is InChI=1S/C28H29N3O6S/c1-31(22-12-13-24-25(17-22)37-19-36-24)26(32)23(16-20-8-4-2-5-9-20)29-27(33)30-38(34,35)28(14-15-28)18-21-10-6-3-7-11-21/h2-13,17,23H,14-16,18-19H2,1H3,(H2,29,30,33)/t23-/m0/s1. The number of nitrogens with one attached hydrogen (secondary N) is 2. The molecule has 1 saturated carbocycles. The summed E-state index contributed by atoms with van der Waals surface area (Å²) in [7, 11) is -2.40. The number of nitrogens with zero attached hydrogens (tertiary/aromatic N) is 1. The van der Waals surface area contributed by atoms with Crippen molar-refractivity contribution in [2.24, 2.45) is 0 Å². The maximum atomic E-state index is 13.6. The van der Waals surface area contributed by atoms with Crippen LogP contribution in [0.5, 0.6) is 11.5 Å². The minimum atomic E-state index is -3.99. The number of carbonyl (C=O) groups excluding carboxylic acids is 2. The van der Waals surface area contributed by atoms with Gasteiger partial charge in [0.25, 0.3) is 0 Å². The van der Waals surface area contributed by atoms with Crippen LogP contribution in [-0.2, 0) is 27.7 Å². The van der Waals surface area contributed by atoms with Gasteiger partial charge in [-0.25, -0.2) is 17.9 Å². The molecule has 3 amide bonds. The first-order valence-corrected chi connectivity index (χ1v) is 13.8. The number of carbonyl (C=O) groups is 2. The normalized spacial score (nSPS) is 15.8. The average molecular weight is 536 g/mol. The lowest BCUT2D eigenvalue weighted by molar-refractivity contribution is -0.120. The fourth-order valence-corrected chi connectivity index (χ4v) is 6.09. The van der Waals surface area contributed by atoms with Crippen molar-refractivity contribution in [1.82, 2.24) is 10.0 Å². The van der Waals surface area contributed by atoms with Gasteiger partial charge in [0.2, 0.25) is 22.7 Å². The number of rotatable bonds is 9. The number of likely N-dealkylation sites (N-methyl/N-ethyl adjacent to an activating group) is 1. The van der Waals surface area contributed by atoms with Gasteiger partial charge in [0, 0.05) is 25.2 Å². The van der Waals surface area contributed by atoms with E-state index in [2.05, 4.69) is 10.0 Å². The monoisotopic (exact) mass is 535 g/mol. The third-order valence-corrected chi connectivity index (χ3v) is 9.08. The highest BCUT2D eigenvalue weighted by molar-refractivity contribution is 7.91. The summed E-state index contributed by atoms with van der Waals surface area (Å²) in [5.74, 6) is 0.694. The zero-order valence-corrected chi connectivity index (χ0v) is 21.7. The van der Waals surface area contributed by atoms with Crippen molar-refractivity contribution < 1.29 is 27.5 Å². The van der Waals surface area contributed by atoms with Crippen LogP contribution in [0.4, 0.5) is 10.5 Å². The number of hydrogen-bond donors (Lipinski definition) is 2. The molecule has 10 heteroatoms. The van der Waals surface area contributed by atoms with E-state index >= 15 is 0 Å². The summed E-state index contributed by atoms with van der Waals surface area (Å²) in [6.45, 7) is 0.106. The summed E-state index contributed by atoms with van der Waals surface area (Å²) < 4.78 is 38.3. The van der Waals surface area contributed by atoms with Crippen LogP contribution >= 0.6 is 0 Å². The van der Waals surface area contributed by atoms with E-state index < -0.39 is 32.8 Å². The van der Waals surface area contributed by atoms with E-state index in [1.165, 1.54) is 4.90 Å². The Morgan fingerprint density at radius 1 is 0.921 bits per heavy atom. The molecular formula is C28H29N3O6S. The summed E-state index contributed by atoms with van der Waals surface area (Å²) in [6.07, 6.45) is 1.42. The van der Waals surface area contributed by atoms with Crippen LogP contribution < -0.4 is 24.4 Å². The fraction of sp³-hybridized carbons (Fsp3) is 0.286. The van der Waals surface area contributed by atoms with E-state index in [0.29, 0.717) is 36.4 Å². The Morgan fingerprint density at radius 3 is 2.21 bits per heavy atom. The van der Waals surface area contributed by atoms with Crippen LogP contribution in [0.15, 0.2) is 78.9 Å². The summed E-state index contributed by atoms with van der Waals surface area (Å²) in [6, 6.07) is 21.7. The molecule has 0 aromatic heterocycles. The first-order chi connectivity index (χ1) is 18.3. The number of amides is 3. The predicted octanol–water partition coefficient (Wildman–Crippen LogP) is 3.39. The minimum absolute atomic E-state index is 0.106. The predicted molar refractivity (Wildman–Crippen MR) is 143 cm³/mol. The molecule has 198 valence electrons. The smallest absolute Gasteiger partial charge is 0.329 e. The molecule has 0 bridgehead atoms. The number of ether oxygens (including phenoxy) is 2. The van der Waals surface area contributed by atoms with Crippen molar-refractivity contribution in [3.05, 3.63) is 90.0 Å². The topological polar surface area (TPSA) is 114 Å².